The minimum Gasteiger partial charge on any atom is -0.406 e. The van der Waals surface area contributed by atoms with Crippen molar-refractivity contribution in [2.24, 2.45) is 0 Å². The predicted molar refractivity (Wildman–Crippen MR) is 98.6 cm³/mol. The number of aromatic nitrogens is 3. The molecule has 1 heterocycles. The number of rotatable bonds is 6. The molecule has 0 aliphatic carbocycles. The molecular formula is C18H15F3N4O2S. The smallest absolute Gasteiger partial charge is 0.406 e. The van der Waals surface area contributed by atoms with Crippen molar-refractivity contribution in [3.63, 3.8) is 0 Å². The molecule has 6 nitrogen and oxygen atoms in total. The summed E-state index contributed by atoms with van der Waals surface area (Å²) in [5.74, 6) is -0.621. The zero-order valence-corrected chi connectivity index (χ0v) is 15.4. The van der Waals surface area contributed by atoms with Crippen LogP contribution in [0.4, 0.5) is 18.9 Å². The normalized spacial score (nSPS) is 11.3. The lowest BCUT2D eigenvalue weighted by molar-refractivity contribution is -0.274. The van der Waals surface area contributed by atoms with Gasteiger partial charge in [-0.15, -0.1) is 23.4 Å². The van der Waals surface area contributed by atoms with Crippen LogP contribution in [0.2, 0.25) is 0 Å². The van der Waals surface area contributed by atoms with Gasteiger partial charge in [-0.1, -0.05) is 29.5 Å². The summed E-state index contributed by atoms with van der Waals surface area (Å²) in [6.45, 7) is 1.98. The lowest BCUT2D eigenvalue weighted by Crippen LogP contribution is -2.17. The number of hydrogen-bond donors (Lipinski definition) is 1. The van der Waals surface area contributed by atoms with E-state index in [0.29, 0.717) is 10.8 Å². The average molecular weight is 408 g/mol. The molecule has 146 valence electrons. The molecule has 0 aliphatic heterocycles. The van der Waals surface area contributed by atoms with Crippen LogP contribution in [-0.4, -0.2) is 32.8 Å². The molecule has 0 fully saturated rings. The monoisotopic (exact) mass is 408 g/mol. The lowest BCUT2D eigenvalue weighted by atomic mass is 10.2. The summed E-state index contributed by atoms with van der Waals surface area (Å²) in [6, 6.07) is 12.7. The van der Waals surface area contributed by atoms with Crippen molar-refractivity contribution in [1.29, 1.82) is 0 Å². The van der Waals surface area contributed by atoms with Crippen LogP contribution in [0.1, 0.15) is 5.56 Å². The molecule has 0 atom stereocenters. The second kappa shape index (κ2) is 8.34. The van der Waals surface area contributed by atoms with Gasteiger partial charge in [0.05, 0.1) is 5.75 Å². The second-order valence-corrected chi connectivity index (χ2v) is 6.67. The van der Waals surface area contributed by atoms with E-state index in [1.165, 1.54) is 23.9 Å². The number of ether oxygens (including phenoxy) is 1. The quantitative estimate of drug-likeness (QED) is 0.619. The number of carbonyl (C=O) groups is 1. The van der Waals surface area contributed by atoms with Crippen LogP contribution in [0.5, 0.6) is 5.75 Å². The predicted octanol–water partition coefficient (Wildman–Crippen LogP) is 4.21. The topological polar surface area (TPSA) is 69.0 Å². The SMILES string of the molecule is Cc1ccc(-n2cnnc2SCC(=O)Nc2ccc(OC(F)(F)F)cc2)cc1. The van der Waals surface area contributed by atoms with Gasteiger partial charge >= 0.3 is 6.36 Å². The first-order valence-electron chi connectivity index (χ1n) is 8.06. The zero-order valence-electron chi connectivity index (χ0n) is 14.6. The van der Waals surface area contributed by atoms with E-state index in [0.717, 1.165) is 23.4 Å². The van der Waals surface area contributed by atoms with Crippen molar-refractivity contribution >= 4 is 23.4 Å². The Bertz CT molecular complexity index is 941. The first kappa shape index (κ1) is 19.7. The number of aryl methyl sites for hydroxylation is 1. The van der Waals surface area contributed by atoms with Crippen molar-refractivity contribution in [3.8, 4) is 11.4 Å². The molecule has 1 aromatic heterocycles. The number of thioether (sulfide) groups is 1. The summed E-state index contributed by atoms with van der Waals surface area (Å²) < 4.78 is 42.0. The van der Waals surface area contributed by atoms with Gasteiger partial charge < -0.3 is 10.1 Å². The minimum atomic E-state index is -4.76. The molecule has 0 bridgehead atoms. The summed E-state index contributed by atoms with van der Waals surface area (Å²) in [5.41, 5.74) is 2.36. The molecule has 3 rings (SSSR count). The molecule has 0 radical (unpaired) electrons. The van der Waals surface area contributed by atoms with Gasteiger partial charge in [-0.3, -0.25) is 9.36 Å². The van der Waals surface area contributed by atoms with Gasteiger partial charge in [0, 0.05) is 11.4 Å². The number of benzene rings is 2. The largest absolute Gasteiger partial charge is 0.573 e. The Morgan fingerprint density at radius 3 is 2.46 bits per heavy atom. The third-order valence-corrected chi connectivity index (χ3v) is 4.48. The van der Waals surface area contributed by atoms with E-state index in [1.807, 2.05) is 31.2 Å². The number of nitrogens with zero attached hydrogens (tertiary/aromatic N) is 3. The maximum Gasteiger partial charge on any atom is 0.573 e. The summed E-state index contributed by atoms with van der Waals surface area (Å²) in [4.78, 5) is 12.1. The molecule has 10 heteroatoms. The van der Waals surface area contributed by atoms with Gasteiger partial charge in [-0.05, 0) is 43.3 Å². The molecule has 0 spiro atoms. The number of halogens is 3. The highest BCUT2D eigenvalue weighted by Crippen LogP contribution is 2.24. The molecule has 0 saturated carbocycles. The molecule has 1 N–H and O–H groups in total. The van der Waals surface area contributed by atoms with E-state index in [9.17, 15) is 18.0 Å². The summed E-state index contributed by atoms with van der Waals surface area (Å²) in [5, 5.41) is 11.0. The molecule has 2 aromatic carbocycles. The van der Waals surface area contributed by atoms with Gasteiger partial charge in [0.15, 0.2) is 5.16 Å². The van der Waals surface area contributed by atoms with Crippen molar-refractivity contribution < 1.29 is 22.7 Å². The Morgan fingerprint density at radius 2 is 1.82 bits per heavy atom. The van der Waals surface area contributed by atoms with Crippen molar-refractivity contribution in [2.75, 3.05) is 11.1 Å². The van der Waals surface area contributed by atoms with Crippen LogP contribution in [-0.2, 0) is 4.79 Å². The van der Waals surface area contributed by atoms with Gasteiger partial charge in [-0.25, -0.2) is 0 Å². The van der Waals surface area contributed by atoms with E-state index >= 15 is 0 Å². The molecule has 0 unspecified atom stereocenters. The van der Waals surface area contributed by atoms with E-state index in [4.69, 9.17) is 0 Å². The highest BCUT2D eigenvalue weighted by atomic mass is 32.2. The molecular weight excluding hydrogens is 393 g/mol. The Labute approximate surface area is 162 Å². The molecule has 3 aromatic rings. The van der Waals surface area contributed by atoms with Crippen LogP contribution in [0.3, 0.4) is 0 Å². The van der Waals surface area contributed by atoms with Gasteiger partial charge in [0.2, 0.25) is 5.91 Å². The molecule has 28 heavy (non-hydrogen) atoms. The number of anilines is 1. The third kappa shape index (κ3) is 5.49. The summed E-state index contributed by atoms with van der Waals surface area (Å²) in [7, 11) is 0. The molecule has 0 aliphatic rings. The van der Waals surface area contributed by atoms with Crippen molar-refractivity contribution in [1.82, 2.24) is 14.8 Å². The van der Waals surface area contributed by atoms with Gasteiger partial charge in [-0.2, -0.15) is 0 Å². The number of hydrogen-bond acceptors (Lipinski definition) is 5. The minimum absolute atomic E-state index is 0.0609. The molecule has 0 saturated heterocycles. The van der Waals surface area contributed by atoms with E-state index in [1.54, 1.807) is 10.9 Å². The third-order valence-electron chi connectivity index (χ3n) is 3.53. The Hall–Kier alpha value is -3.01. The Morgan fingerprint density at radius 1 is 1.14 bits per heavy atom. The summed E-state index contributed by atoms with van der Waals surface area (Å²) >= 11 is 1.19. The number of carbonyl (C=O) groups excluding carboxylic acids is 1. The fourth-order valence-corrected chi connectivity index (χ4v) is 3.00. The first-order chi connectivity index (χ1) is 13.3. The lowest BCUT2D eigenvalue weighted by Gasteiger charge is -2.10. The molecule has 1 amide bonds. The zero-order chi connectivity index (χ0) is 20.1. The average Bonchev–Trinajstić information content (AvgIpc) is 3.10. The fourth-order valence-electron chi connectivity index (χ4n) is 2.27. The first-order valence-corrected chi connectivity index (χ1v) is 9.04. The van der Waals surface area contributed by atoms with Gasteiger partial charge in [0.1, 0.15) is 12.1 Å². The number of alkyl halides is 3. The number of nitrogens with one attached hydrogen (secondary N) is 1. The highest BCUT2D eigenvalue weighted by Gasteiger charge is 2.30. The maximum absolute atomic E-state index is 12.2. The van der Waals surface area contributed by atoms with Crippen LogP contribution >= 0.6 is 11.8 Å². The summed E-state index contributed by atoms with van der Waals surface area (Å²) in [6.07, 6.45) is -3.20. The van der Waals surface area contributed by atoms with E-state index in [-0.39, 0.29) is 17.4 Å². The highest BCUT2D eigenvalue weighted by molar-refractivity contribution is 7.99. The van der Waals surface area contributed by atoms with Crippen LogP contribution in [0, 0.1) is 6.92 Å². The van der Waals surface area contributed by atoms with Crippen LogP contribution in [0.25, 0.3) is 5.69 Å². The van der Waals surface area contributed by atoms with Crippen LogP contribution in [0.15, 0.2) is 60.0 Å². The second-order valence-electron chi connectivity index (χ2n) is 5.73. The van der Waals surface area contributed by atoms with Crippen LogP contribution < -0.4 is 10.1 Å². The van der Waals surface area contributed by atoms with Crippen molar-refractivity contribution in [2.45, 2.75) is 18.4 Å². The van der Waals surface area contributed by atoms with E-state index in [2.05, 4.69) is 20.3 Å². The maximum atomic E-state index is 12.2. The van der Waals surface area contributed by atoms with Gasteiger partial charge in [0.25, 0.3) is 0 Å². The van der Waals surface area contributed by atoms with E-state index < -0.39 is 6.36 Å². The Kier molecular flexibility index (Phi) is 5.88. The Balaban J connectivity index is 1.57. The number of amides is 1. The fraction of sp³-hybridized carbons (Fsp3) is 0.167. The van der Waals surface area contributed by atoms with Crippen molar-refractivity contribution in [3.05, 3.63) is 60.4 Å². The standard InChI is InChI=1S/C18H15F3N4O2S/c1-12-2-6-14(7-3-12)25-11-22-24-17(25)28-10-16(26)23-13-4-8-15(9-5-13)27-18(19,20)21/h2-9,11H,10H2,1H3,(H,23,26).